The number of aryl methyl sites for hydroxylation is 1. The SMILES string of the molecule is COC(=O)C(Cc1ccc(OCc2ccc[cH-]2)cc1)N(CCNC(=O)OCc1ccccc1)C(=O)Cn1cc(C)c(=O)[nH]c1=O. The third-order valence-electron chi connectivity index (χ3n) is 6.99. The molecule has 0 radical (unpaired) electrons. The zero-order valence-electron chi connectivity index (χ0n) is 25.1. The van der Waals surface area contributed by atoms with Gasteiger partial charge in [-0.25, -0.2) is 26.5 Å². The highest BCUT2D eigenvalue weighted by Crippen LogP contribution is 2.18. The van der Waals surface area contributed by atoms with E-state index in [4.69, 9.17) is 14.2 Å². The van der Waals surface area contributed by atoms with E-state index in [1.54, 1.807) is 24.3 Å². The first-order valence-corrected chi connectivity index (χ1v) is 14.3. The van der Waals surface area contributed by atoms with Gasteiger partial charge in [-0.2, -0.15) is 12.1 Å². The van der Waals surface area contributed by atoms with Gasteiger partial charge in [0.25, 0.3) is 5.56 Å². The number of amides is 2. The molecule has 12 nitrogen and oxygen atoms in total. The first-order chi connectivity index (χ1) is 21.7. The minimum atomic E-state index is -1.10. The van der Waals surface area contributed by atoms with Crippen LogP contribution in [0.2, 0.25) is 0 Å². The van der Waals surface area contributed by atoms with E-state index in [0.717, 1.165) is 21.3 Å². The van der Waals surface area contributed by atoms with Crippen LogP contribution in [0.4, 0.5) is 4.79 Å². The molecule has 1 unspecified atom stereocenters. The molecule has 2 N–H and O–H groups in total. The van der Waals surface area contributed by atoms with Crippen LogP contribution in [0, 0.1) is 6.92 Å². The third kappa shape index (κ3) is 9.48. The number of ether oxygens (including phenoxy) is 3. The summed E-state index contributed by atoms with van der Waals surface area (Å²) in [5.41, 5.74) is 1.47. The third-order valence-corrected chi connectivity index (χ3v) is 6.99. The standard InChI is InChI=1S/C33H35N4O8/c1-23-19-36(32(41)35-30(23)39)20-29(38)37(17-16-34-33(42)45-22-26-8-4-3-5-9-26)28(31(40)43-2)18-24-12-14-27(15-13-24)44-21-25-10-6-7-11-25/h3-15,19,28H,16-18,20-22H2,1-2H3,(H,34,42)(H,35,39,41)/q-1. The normalized spacial score (nSPS) is 11.3. The molecule has 0 bridgehead atoms. The molecule has 1 aromatic heterocycles. The maximum atomic E-state index is 13.7. The van der Waals surface area contributed by atoms with E-state index in [0.29, 0.717) is 12.4 Å². The number of benzene rings is 2. The average molecular weight is 616 g/mol. The van der Waals surface area contributed by atoms with E-state index in [9.17, 15) is 24.0 Å². The number of carbonyl (C=O) groups excluding carboxylic acids is 3. The molecular weight excluding hydrogens is 580 g/mol. The van der Waals surface area contributed by atoms with Crippen molar-refractivity contribution in [1.29, 1.82) is 0 Å². The summed E-state index contributed by atoms with van der Waals surface area (Å²) in [7, 11) is 1.22. The Kier molecular flexibility index (Phi) is 11.4. The smallest absolute Gasteiger partial charge is 0.407 e. The summed E-state index contributed by atoms with van der Waals surface area (Å²) in [6.07, 6.45) is 0.655. The molecule has 0 aliphatic rings. The van der Waals surface area contributed by atoms with Crippen LogP contribution in [-0.4, -0.2) is 58.7 Å². The largest absolute Gasteiger partial charge is 0.491 e. The molecule has 236 valence electrons. The monoisotopic (exact) mass is 615 g/mol. The van der Waals surface area contributed by atoms with Crippen LogP contribution in [0.3, 0.4) is 0 Å². The Morgan fingerprint density at radius 2 is 1.73 bits per heavy atom. The molecule has 4 rings (SSSR count). The van der Waals surface area contributed by atoms with Crippen LogP contribution in [0.1, 0.15) is 22.3 Å². The number of rotatable bonds is 14. The van der Waals surface area contributed by atoms with E-state index in [1.165, 1.54) is 25.1 Å². The molecule has 0 saturated heterocycles. The quantitative estimate of drug-likeness (QED) is 0.163. The number of hydrogen-bond donors (Lipinski definition) is 2. The number of alkyl carbamates (subject to hydrolysis) is 1. The van der Waals surface area contributed by atoms with Gasteiger partial charge in [-0.05, 0) is 30.2 Å². The van der Waals surface area contributed by atoms with Gasteiger partial charge in [0.05, 0.1) is 13.7 Å². The number of H-pyrrole nitrogens is 1. The van der Waals surface area contributed by atoms with E-state index < -0.39 is 41.8 Å². The zero-order chi connectivity index (χ0) is 32.2. The van der Waals surface area contributed by atoms with Crippen molar-refractivity contribution in [3.05, 3.63) is 128 Å². The molecule has 2 amide bonds. The molecule has 0 aliphatic heterocycles. The molecule has 0 saturated carbocycles. The Bertz CT molecular complexity index is 1680. The molecule has 12 heteroatoms. The second kappa shape index (κ2) is 15.8. The predicted molar refractivity (Wildman–Crippen MR) is 165 cm³/mol. The lowest BCUT2D eigenvalue weighted by molar-refractivity contribution is -0.153. The zero-order valence-corrected chi connectivity index (χ0v) is 25.1. The summed E-state index contributed by atoms with van der Waals surface area (Å²) in [6, 6.07) is 22.9. The Labute approximate surface area is 259 Å². The maximum absolute atomic E-state index is 13.7. The van der Waals surface area contributed by atoms with Crippen molar-refractivity contribution in [2.24, 2.45) is 0 Å². The first-order valence-electron chi connectivity index (χ1n) is 14.3. The van der Waals surface area contributed by atoms with Crippen molar-refractivity contribution < 1.29 is 28.6 Å². The van der Waals surface area contributed by atoms with E-state index in [1.807, 2.05) is 54.6 Å². The highest BCUT2D eigenvalue weighted by Gasteiger charge is 2.31. The second-order valence-corrected chi connectivity index (χ2v) is 10.2. The Morgan fingerprint density at radius 3 is 2.42 bits per heavy atom. The molecule has 1 atom stereocenters. The van der Waals surface area contributed by atoms with E-state index >= 15 is 0 Å². The fourth-order valence-corrected chi connectivity index (χ4v) is 4.56. The Morgan fingerprint density at radius 1 is 0.978 bits per heavy atom. The van der Waals surface area contributed by atoms with Crippen LogP contribution < -0.4 is 21.3 Å². The van der Waals surface area contributed by atoms with Gasteiger partial charge in [0, 0.05) is 31.3 Å². The topological polar surface area (TPSA) is 149 Å². The van der Waals surface area contributed by atoms with Gasteiger partial charge in [0.1, 0.15) is 24.9 Å². The van der Waals surface area contributed by atoms with Gasteiger partial charge in [-0.1, -0.05) is 42.5 Å². The highest BCUT2D eigenvalue weighted by molar-refractivity contribution is 5.85. The number of aromatic nitrogens is 2. The number of nitrogens with zero attached hydrogens (tertiary/aromatic N) is 2. The average Bonchev–Trinajstić information content (AvgIpc) is 3.57. The highest BCUT2D eigenvalue weighted by atomic mass is 16.5. The lowest BCUT2D eigenvalue weighted by Crippen LogP contribution is -2.51. The van der Waals surface area contributed by atoms with Crippen molar-refractivity contribution >= 4 is 18.0 Å². The summed E-state index contributed by atoms with van der Waals surface area (Å²) in [6.45, 7) is 1.35. The minimum Gasteiger partial charge on any atom is -0.491 e. The predicted octanol–water partition coefficient (Wildman–Crippen LogP) is 2.68. The first kappa shape index (κ1) is 32.4. The Hall–Kier alpha value is -5.52. The number of nitrogens with one attached hydrogen (secondary N) is 2. The number of aromatic amines is 1. The molecule has 45 heavy (non-hydrogen) atoms. The molecule has 3 aromatic carbocycles. The van der Waals surface area contributed by atoms with Crippen molar-refractivity contribution in [2.75, 3.05) is 20.2 Å². The summed E-state index contributed by atoms with van der Waals surface area (Å²) < 4.78 is 17.2. The summed E-state index contributed by atoms with van der Waals surface area (Å²) >= 11 is 0. The molecule has 0 aliphatic carbocycles. The molecule has 0 spiro atoms. The number of hydrogen-bond acceptors (Lipinski definition) is 8. The molecular formula is C33H35N4O8-. The molecule has 1 heterocycles. The van der Waals surface area contributed by atoms with Crippen molar-refractivity contribution in [1.82, 2.24) is 19.8 Å². The van der Waals surface area contributed by atoms with Crippen LogP contribution in [0.15, 0.2) is 94.6 Å². The fraction of sp³-hybridized carbons (Fsp3) is 0.273. The van der Waals surface area contributed by atoms with E-state index in [2.05, 4.69) is 10.3 Å². The lowest BCUT2D eigenvalue weighted by atomic mass is 10.0. The lowest BCUT2D eigenvalue weighted by Gasteiger charge is -2.30. The number of methoxy groups -OCH3 is 1. The maximum Gasteiger partial charge on any atom is 0.407 e. The second-order valence-electron chi connectivity index (χ2n) is 10.2. The van der Waals surface area contributed by atoms with Crippen LogP contribution >= 0.6 is 0 Å². The summed E-state index contributed by atoms with van der Waals surface area (Å²) in [5, 5.41) is 2.60. The molecule has 4 aromatic rings. The van der Waals surface area contributed by atoms with Gasteiger partial charge in [-0.3, -0.25) is 19.1 Å². The van der Waals surface area contributed by atoms with Crippen LogP contribution in [0.5, 0.6) is 5.75 Å². The van der Waals surface area contributed by atoms with Crippen LogP contribution in [-0.2, 0) is 45.2 Å². The van der Waals surface area contributed by atoms with Gasteiger partial charge in [0.2, 0.25) is 5.91 Å². The summed E-state index contributed by atoms with van der Waals surface area (Å²) in [4.78, 5) is 66.8. The van der Waals surface area contributed by atoms with Crippen LogP contribution in [0.25, 0.3) is 0 Å². The van der Waals surface area contributed by atoms with Gasteiger partial charge < -0.3 is 24.4 Å². The fourth-order valence-electron chi connectivity index (χ4n) is 4.56. The van der Waals surface area contributed by atoms with Crippen molar-refractivity contribution in [3.8, 4) is 5.75 Å². The minimum absolute atomic E-state index is 0.0547. The summed E-state index contributed by atoms with van der Waals surface area (Å²) in [5.74, 6) is -0.655. The number of esters is 1. The van der Waals surface area contributed by atoms with Gasteiger partial charge >= 0.3 is 17.8 Å². The number of carbonyl (C=O) groups is 3. The Balaban J connectivity index is 1.49. The van der Waals surface area contributed by atoms with Crippen molar-refractivity contribution in [3.63, 3.8) is 0 Å². The van der Waals surface area contributed by atoms with E-state index in [-0.39, 0.29) is 31.7 Å². The van der Waals surface area contributed by atoms with Crippen molar-refractivity contribution in [2.45, 2.75) is 39.1 Å². The van der Waals surface area contributed by atoms with Gasteiger partial charge in [0.15, 0.2) is 0 Å². The molecule has 0 fully saturated rings. The van der Waals surface area contributed by atoms with Gasteiger partial charge in [-0.15, -0.1) is 5.56 Å².